The van der Waals surface area contributed by atoms with Gasteiger partial charge in [0.2, 0.25) is 0 Å². The summed E-state index contributed by atoms with van der Waals surface area (Å²) in [5, 5.41) is 7.71. The van der Waals surface area contributed by atoms with Crippen LogP contribution in [0.15, 0.2) is 0 Å². The molecule has 1 amide bonds. The SMILES string of the molecule is Cc1nn(C)c(C(=O)NC2CCCCCC2)c1Cl. The zero-order valence-corrected chi connectivity index (χ0v) is 11.8. The predicted molar refractivity (Wildman–Crippen MR) is 71.9 cm³/mol. The summed E-state index contributed by atoms with van der Waals surface area (Å²) in [5.74, 6) is -0.102. The van der Waals surface area contributed by atoms with Crippen molar-refractivity contribution >= 4 is 17.5 Å². The summed E-state index contributed by atoms with van der Waals surface area (Å²) in [5.41, 5.74) is 1.17. The lowest BCUT2D eigenvalue weighted by Crippen LogP contribution is -2.35. The smallest absolute Gasteiger partial charge is 0.271 e. The van der Waals surface area contributed by atoms with Gasteiger partial charge in [0.1, 0.15) is 5.69 Å². The lowest BCUT2D eigenvalue weighted by molar-refractivity contribution is 0.0924. The summed E-state index contributed by atoms with van der Waals surface area (Å²) in [6.07, 6.45) is 7.09. The molecule has 4 nitrogen and oxygen atoms in total. The van der Waals surface area contributed by atoms with Crippen molar-refractivity contribution < 1.29 is 4.79 Å². The number of amides is 1. The highest BCUT2D eigenvalue weighted by atomic mass is 35.5. The molecule has 0 spiro atoms. The van der Waals surface area contributed by atoms with E-state index in [1.54, 1.807) is 11.7 Å². The normalized spacial score (nSPS) is 17.5. The molecule has 1 aromatic rings. The van der Waals surface area contributed by atoms with E-state index in [-0.39, 0.29) is 11.9 Å². The van der Waals surface area contributed by atoms with E-state index in [1.807, 2.05) is 6.92 Å². The van der Waals surface area contributed by atoms with Crippen LogP contribution in [0.1, 0.15) is 54.7 Å². The van der Waals surface area contributed by atoms with Crippen molar-refractivity contribution in [3.8, 4) is 0 Å². The van der Waals surface area contributed by atoms with Crippen LogP contribution in [0.3, 0.4) is 0 Å². The minimum absolute atomic E-state index is 0.102. The van der Waals surface area contributed by atoms with Gasteiger partial charge < -0.3 is 5.32 Å². The number of nitrogens with one attached hydrogen (secondary N) is 1. The fourth-order valence-corrected chi connectivity index (χ4v) is 2.80. The third-order valence-corrected chi connectivity index (χ3v) is 4.01. The van der Waals surface area contributed by atoms with Crippen molar-refractivity contribution in [2.24, 2.45) is 7.05 Å². The van der Waals surface area contributed by atoms with E-state index < -0.39 is 0 Å². The van der Waals surface area contributed by atoms with Gasteiger partial charge in [-0.25, -0.2) is 0 Å². The maximum atomic E-state index is 12.2. The second-order valence-corrected chi connectivity index (χ2v) is 5.41. The summed E-state index contributed by atoms with van der Waals surface area (Å²) in [6.45, 7) is 1.81. The number of rotatable bonds is 2. The Morgan fingerprint density at radius 3 is 2.44 bits per heavy atom. The first-order valence-electron chi connectivity index (χ1n) is 6.59. The maximum absolute atomic E-state index is 12.2. The van der Waals surface area contributed by atoms with Gasteiger partial charge in [-0.2, -0.15) is 5.10 Å². The first kappa shape index (κ1) is 13.4. The molecule has 1 heterocycles. The van der Waals surface area contributed by atoms with Crippen molar-refractivity contribution in [2.45, 2.75) is 51.5 Å². The third kappa shape index (κ3) is 2.86. The van der Waals surface area contributed by atoms with E-state index >= 15 is 0 Å². The molecule has 1 fully saturated rings. The molecule has 0 unspecified atom stereocenters. The topological polar surface area (TPSA) is 46.9 Å². The fourth-order valence-electron chi connectivity index (χ4n) is 2.56. The summed E-state index contributed by atoms with van der Waals surface area (Å²) < 4.78 is 1.56. The monoisotopic (exact) mass is 269 g/mol. The molecular formula is C13H20ClN3O. The molecule has 1 aliphatic rings. The first-order chi connectivity index (χ1) is 8.59. The molecule has 5 heteroatoms. The van der Waals surface area contributed by atoms with Crippen LogP contribution in [0.2, 0.25) is 5.02 Å². The second-order valence-electron chi connectivity index (χ2n) is 5.03. The van der Waals surface area contributed by atoms with E-state index in [2.05, 4.69) is 10.4 Å². The molecule has 0 radical (unpaired) electrons. The van der Waals surface area contributed by atoms with Gasteiger partial charge in [-0.1, -0.05) is 37.3 Å². The Balaban J connectivity index is 2.06. The van der Waals surface area contributed by atoms with E-state index in [1.165, 1.54) is 25.7 Å². The Kier molecular flexibility index (Phi) is 4.27. The molecule has 18 heavy (non-hydrogen) atoms. The van der Waals surface area contributed by atoms with Gasteiger partial charge in [0, 0.05) is 13.1 Å². The Morgan fingerprint density at radius 1 is 1.33 bits per heavy atom. The van der Waals surface area contributed by atoms with Crippen molar-refractivity contribution in [2.75, 3.05) is 0 Å². The highest BCUT2D eigenvalue weighted by Gasteiger charge is 2.21. The van der Waals surface area contributed by atoms with E-state index in [9.17, 15) is 4.79 Å². The summed E-state index contributed by atoms with van der Waals surface area (Å²) in [6, 6.07) is 0.284. The number of hydrogen-bond acceptors (Lipinski definition) is 2. The molecule has 1 aromatic heterocycles. The average molecular weight is 270 g/mol. The number of nitrogens with zero attached hydrogens (tertiary/aromatic N) is 2. The molecule has 1 saturated carbocycles. The largest absolute Gasteiger partial charge is 0.348 e. The second kappa shape index (κ2) is 5.74. The molecule has 0 saturated heterocycles. The highest BCUT2D eigenvalue weighted by molar-refractivity contribution is 6.34. The van der Waals surface area contributed by atoms with Crippen LogP contribution in [-0.4, -0.2) is 21.7 Å². The van der Waals surface area contributed by atoms with Crippen LogP contribution in [-0.2, 0) is 7.05 Å². The van der Waals surface area contributed by atoms with Gasteiger partial charge in [0.25, 0.3) is 5.91 Å². The van der Waals surface area contributed by atoms with Crippen LogP contribution in [0.5, 0.6) is 0 Å². The van der Waals surface area contributed by atoms with Crippen LogP contribution in [0.25, 0.3) is 0 Å². The average Bonchev–Trinajstić information content (AvgIpc) is 2.52. The van der Waals surface area contributed by atoms with E-state index in [0.29, 0.717) is 16.4 Å². The Labute approximate surface area is 113 Å². The number of aromatic nitrogens is 2. The van der Waals surface area contributed by atoms with E-state index in [4.69, 9.17) is 11.6 Å². The summed E-state index contributed by atoms with van der Waals surface area (Å²) in [4.78, 5) is 12.2. The maximum Gasteiger partial charge on any atom is 0.271 e. The molecule has 0 bridgehead atoms. The fraction of sp³-hybridized carbons (Fsp3) is 0.692. The molecule has 0 atom stereocenters. The van der Waals surface area contributed by atoms with Gasteiger partial charge in [0.05, 0.1) is 10.7 Å². The summed E-state index contributed by atoms with van der Waals surface area (Å²) >= 11 is 6.11. The van der Waals surface area contributed by atoms with E-state index in [0.717, 1.165) is 12.8 Å². The van der Waals surface area contributed by atoms with Crippen LogP contribution in [0.4, 0.5) is 0 Å². The van der Waals surface area contributed by atoms with Crippen molar-refractivity contribution in [1.29, 1.82) is 0 Å². The number of halogens is 1. The Bertz CT molecular complexity index is 434. The molecule has 0 aromatic carbocycles. The quantitative estimate of drug-likeness (QED) is 0.840. The molecule has 100 valence electrons. The van der Waals surface area contributed by atoms with Crippen LogP contribution >= 0.6 is 11.6 Å². The van der Waals surface area contributed by atoms with Crippen molar-refractivity contribution in [3.63, 3.8) is 0 Å². The zero-order valence-electron chi connectivity index (χ0n) is 11.0. The van der Waals surface area contributed by atoms with Crippen molar-refractivity contribution in [3.05, 3.63) is 16.4 Å². The van der Waals surface area contributed by atoms with Gasteiger partial charge in [-0.3, -0.25) is 9.48 Å². The first-order valence-corrected chi connectivity index (χ1v) is 6.97. The highest BCUT2D eigenvalue weighted by Crippen LogP contribution is 2.21. The number of aryl methyl sites for hydroxylation is 2. The number of carbonyl (C=O) groups is 1. The molecule has 2 rings (SSSR count). The van der Waals surface area contributed by atoms with Gasteiger partial charge in [-0.05, 0) is 19.8 Å². The summed E-state index contributed by atoms with van der Waals surface area (Å²) in [7, 11) is 1.75. The van der Waals surface area contributed by atoms with Gasteiger partial charge in [0.15, 0.2) is 0 Å². The standard InChI is InChI=1S/C13H20ClN3O/c1-9-11(14)12(17(2)16-9)13(18)15-10-7-5-3-4-6-8-10/h10H,3-8H2,1-2H3,(H,15,18). The van der Waals surface area contributed by atoms with Gasteiger partial charge >= 0.3 is 0 Å². The predicted octanol–water partition coefficient (Wildman–Crippen LogP) is 2.83. The number of carbonyl (C=O) groups excluding carboxylic acids is 1. The molecule has 1 aliphatic carbocycles. The number of hydrogen-bond donors (Lipinski definition) is 1. The van der Waals surface area contributed by atoms with Crippen LogP contribution < -0.4 is 5.32 Å². The molecular weight excluding hydrogens is 250 g/mol. The molecule has 1 N–H and O–H groups in total. The Morgan fingerprint density at radius 2 is 1.94 bits per heavy atom. The minimum atomic E-state index is -0.102. The zero-order chi connectivity index (χ0) is 13.1. The van der Waals surface area contributed by atoms with Crippen molar-refractivity contribution in [1.82, 2.24) is 15.1 Å². The van der Waals surface area contributed by atoms with Gasteiger partial charge in [-0.15, -0.1) is 0 Å². The lowest BCUT2D eigenvalue weighted by Gasteiger charge is -2.16. The third-order valence-electron chi connectivity index (χ3n) is 3.55. The van der Waals surface area contributed by atoms with Crippen LogP contribution in [0, 0.1) is 6.92 Å². The molecule has 0 aliphatic heterocycles. The lowest BCUT2D eigenvalue weighted by atomic mass is 10.1. The Hall–Kier alpha value is -1.03. The minimum Gasteiger partial charge on any atom is -0.348 e.